The number of rotatable bonds is 5. The molecule has 1 unspecified atom stereocenters. The number of carbonyl (C=O) groups excluding carboxylic acids is 1. The van der Waals surface area contributed by atoms with Crippen molar-refractivity contribution in [2.45, 2.75) is 84.8 Å². The molecule has 0 amide bonds. The van der Waals surface area contributed by atoms with Gasteiger partial charge in [-0.1, -0.05) is 13.0 Å². The molecular formula is C31H36N2O5. The largest absolute Gasteiger partial charge is 0.460 e. The highest BCUT2D eigenvalue weighted by Gasteiger charge is 2.36. The minimum absolute atomic E-state index is 0.120. The molecule has 1 aliphatic rings. The predicted octanol–water partition coefficient (Wildman–Crippen LogP) is 7.12. The van der Waals surface area contributed by atoms with E-state index in [2.05, 4.69) is 36.7 Å². The van der Waals surface area contributed by atoms with Gasteiger partial charge >= 0.3 is 11.6 Å². The Kier molecular flexibility index (Phi) is 6.36. The van der Waals surface area contributed by atoms with Gasteiger partial charge in [-0.25, -0.2) is 9.78 Å². The summed E-state index contributed by atoms with van der Waals surface area (Å²) in [6, 6.07) is 11.6. The molecule has 0 fully saturated rings. The summed E-state index contributed by atoms with van der Waals surface area (Å²) < 4.78 is 17.2. The molecule has 7 heteroatoms. The van der Waals surface area contributed by atoms with Crippen LogP contribution in [0.3, 0.4) is 0 Å². The SMILES string of the molecule is Cc1ccc2oc(-c3cc4cc5c(cc4oc3=O)N(CCCC(=O)OC(C)(C)C)C(C)(C)CC5C)nc2c1. The van der Waals surface area contributed by atoms with Crippen molar-refractivity contribution in [2.75, 3.05) is 11.4 Å². The van der Waals surface area contributed by atoms with Crippen LogP contribution in [0.2, 0.25) is 0 Å². The summed E-state index contributed by atoms with van der Waals surface area (Å²) in [7, 11) is 0. The van der Waals surface area contributed by atoms with E-state index in [-0.39, 0.29) is 17.4 Å². The molecule has 1 atom stereocenters. The summed E-state index contributed by atoms with van der Waals surface area (Å²) in [6.07, 6.45) is 1.99. The molecule has 5 rings (SSSR count). The third-order valence-corrected chi connectivity index (χ3v) is 7.20. The van der Waals surface area contributed by atoms with E-state index in [1.54, 1.807) is 0 Å². The number of aryl methyl sites for hydroxylation is 1. The molecular weight excluding hydrogens is 480 g/mol. The van der Waals surface area contributed by atoms with Crippen LogP contribution in [0.25, 0.3) is 33.5 Å². The fraction of sp³-hybridized carbons (Fsp3) is 0.452. The van der Waals surface area contributed by atoms with Crippen LogP contribution in [0, 0.1) is 6.92 Å². The molecule has 0 spiro atoms. The number of carbonyl (C=O) groups is 1. The number of ether oxygens (including phenoxy) is 1. The van der Waals surface area contributed by atoms with Gasteiger partial charge in [0.15, 0.2) is 5.58 Å². The number of hydrogen-bond acceptors (Lipinski definition) is 7. The third kappa shape index (κ3) is 5.06. The zero-order chi connectivity index (χ0) is 27.4. The first kappa shape index (κ1) is 26.0. The van der Waals surface area contributed by atoms with E-state index in [1.807, 2.05) is 58.0 Å². The molecule has 0 radical (unpaired) electrons. The minimum Gasteiger partial charge on any atom is -0.460 e. The summed E-state index contributed by atoms with van der Waals surface area (Å²) in [5.74, 6) is 0.387. The Balaban J connectivity index is 1.49. The number of anilines is 1. The van der Waals surface area contributed by atoms with Crippen LogP contribution < -0.4 is 10.5 Å². The zero-order valence-electron chi connectivity index (χ0n) is 23.3. The molecule has 2 aromatic carbocycles. The van der Waals surface area contributed by atoms with E-state index < -0.39 is 11.2 Å². The smallest absolute Gasteiger partial charge is 0.349 e. The first-order valence-corrected chi connectivity index (χ1v) is 13.3. The van der Waals surface area contributed by atoms with Crippen molar-refractivity contribution >= 4 is 33.7 Å². The molecule has 200 valence electrons. The van der Waals surface area contributed by atoms with Gasteiger partial charge in [0.1, 0.15) is 22.3 Å². The van der Waals surface area contributed by atoms with Crippen molar-refractivity contribution in [3.8, 4) is 11.5 Å². The Bertz CT molecular complexity index is 1590. The topological polar surface area (TPSA) is 85.8 Å². The Morgan fingerprint density at radius 2 is 1.89 bits per heavy atom. The normalized spacial score (nSPS) is 17.1. The fourth-order valence-electron chi connectivity index (χ4n) is 5.60. The summed E-state index contributed by atoms with van der Waals surface area (Å²) >= 11 is 0. The lowest BCUT2D eigenvalue weighted by Gasteiger charge is -2.47. The fourth-order valence-corrected chi connectivity index (χ4v) is 5.60. The molecule has 0 bridgehead atoms. The Morgan fingerprint density at radius 3 is 2.63 bits per heavy atom. The van der Waals surface area contributed by atoms with Crippen molar-refractivity contribution in [3.05, 3.63) is 57.9 Å². The molecule has 3 heterocycles. The predicted molar refractivity (Wildman–Crippen MR) is 150 cm³/mol. The van der Waals surface area contributed by atoms with Gasteiger partial charge in [0.2, 0.25) is 5.89 Å². The average molecular weight is 517 g/mol. The van der Waals surface area contributed by atoms with E-state index in [1.165, 1.54) is 5.56 Å². The second-order valence-corrected chi connectivity index (χ2v) is 12.1. The van der Waals surface area contributed by atoms with E-state index in [0.29, 0.717) is 47.6 Å². The Labute approximate surface area is 222 Å². The Hall–Kier alpha value is -3.61. The maximum absolute atomic E-state index is 13.0. The van der Waals surface area contributed by atoms with Crippen LogP contribution in [0.15, 0.2) is 50.0 Å². The highest BCUT2D eigenvalue weighted by atomic mass is 16.6. The van der Waals surface area contributed by atoms with Gasteiger partial charge in [0.25, 0.3) is 0 Å². The lowest BCUT2D eigenvalue weighted by molar-refractivity contribution is -0.154. The molecule has 38 heavy (non-hydrogen) atoms. The molecule has 0 aliphatic carbocycles. The van der Waals surface area contributed by atoms with Crippen LogP contribution >= 0.6 is 0 Å². The monoisotopic (exact) mass is 516 g/mol. The molecule has 0 saturated carbocycles. The number of nitrogens with zero attached hydrogens (tertiary/aromatic N) is 2. The maximum Gasteiger partial charge on any atom is 0.349 e. The molecule has 7 nitrogen and oxygen atoms in total. The van der Waals surface area contributed by atoms with Gasteiger partial charge in [-0.15, -0.1) is 0 Å². The van der Waals surface area contributed by atoms with Gasteiger partial charge in [-0.2, -0.15) is 0 Å². The summed E-state index contributed by atoms with van der Waals surface area (Å²) in [5.41, 5.74) is 4.38. The molecule has 2 aromatic heterocycles. The highest BCUT2D eigenvalue weighted by Crippen LogP contribution is 2.45. The number of benzene rings is 2. The van der Waals surface area contributed by atoms with Crippen LogP contribution in [0.4, 0.5) is 5.69 Å². The summed E-state index contributed by atoms with van der Waals surface area (Å²) in [5, 5.41) is 0.831. The number of hydrogen-bond donors (Lipinski definition) is 0. The molecule has 0 saturated heterocycles. The second kappa shape index (κ2) is 9.29. The van der Waals surface area contributed by atoms with Crippen LogP contribution in [-0.4, -0.2) is 28.6 Å². The minimum atomic E-state index is -0.490. The van der Waals surface area contributed by atoms with Gasteiger partial charge < -0.3 is 18.5 Å². The lowest BCUT2D eigenvalue weighted by Crippen LogP contribution is -2.48. The van der Waals surface area contributed by atoms with E-state index in [9.17, 15) is 9.59 Å². The maximum atomic E-state index is 13.0. The van der Waals surface area contributed by atoms with Crippen molar-refractivity contribution in [2.24, 2.45) is 0 Å². The van der Waals surface area contributed by atoms with Crippen molar-refractivity contribution in [3.63, 3.8) is 0 Å². The van der Waals surface area contributed by atoms with Crippen LogP contribution in [-0.2, 0) is 9.53 Å². The number of aromatic nitrogens is 1. The first-order valence-electron chi connectivity index (χ1n) is 13.3. The van der Waals surface area contributed by atoms with Gasteiger partial charge in [-0.05, 0) is 95.7 Å². The first-order chi connectivity index (χ1) is 17.8. The van der Waals surface area contributed by atoms with E-state index >= 15 is 0 Å². The van der Waals surface area contributed by atoms with E-state index in [4.69, 9.17) is 13.6 Å². The summed E-state index contributed by atoms with van der Waals surface area (Å²) in [6.45, 7) is 15.0. The van der Waals surface area contributed by atoms with Crippen LogP contribution in [0.1, 0.15) is 77.8 Å². The van der Waals surface area contributed by atoms with Crippen molar-refractivity contribution in [1.82, 2.24) is 4.98 Å². The van der Waals surface area contributed by atoms with Crippen LogP contribution in [0.5, 0.6) is 0 Å². The highest BCUT2D eigenvalue weighted by molar-refractivity contribution is 5.87. The third-order valence-electron chi connectivity index (χ3n) is 7.20. The molecule has 0 N–H and O–H groups in total. The summed E-state index contributed by atoms with van der Waals surface area (Å²) in [4.78, 5) is 32.2. The van der Waals surface area contributed by atoms with Gasteiger partial charge in [0, 0.05) is 35.6 Å². The van der Waals surface area contributed by atoms with Crippen molar-refractivity contribution in [1.29, 1.82) is 0 Å². The van der Waals surface area contributed by atoms with Gasteiger partial charge in [-0.3, -0.25) is 4.79 Å². The molecule has 4 aromatic rings. The average Bonchev–Trinajstić information content (AvgIpc) is 3.21. The molecule has 1 aliphatic heterocycles. The standard InChI is InChI=1S/C31H36N2O5/c1-18-10-11-25-23(13-18)32-28(36-25)22-15-20-14-21-19(2)17-31(6,7)33(24(21)16-26(20)37-29(22)35)12-8-9-27(34)38-30(3,4)5/h10-11,13-16,19H,8-9,12,17H2,1-7H3. The zero-order valence-corrected chi connectivity index (χ0v) is 23.3. The van der Waals surface area contributed by atoms with Crippen molar-refractivity contribution < 1.29 is 18.4 Å². The number of esters is 1. The lowest BCUT2D eigenvalue weighted by atomic mass is 9.79. The quantitative estimate of drug-likeness (QED) is 0.206. The second-order valence-electron chi connectivity index (χ2n) is 12.1. The van der Waals surface area contributed by atoms with Gasteiger partial charge in [0.05, 0.1) is 0 Å². The number of fused-ring (bicyclic) bond motifs is 3. The van der Waals surface area contributed by atoms with E-state index in [0.717, 1.165) is 23.1 Å². The Morgan fingerprint density at radius 1 is 1.13 bits per heavy atom. The number of oxazole rings is 1.